The molecule has 0 bridgehead atoms. The van der Waals surface area contributed by atoms with Gasteiger partial charge in [0, 0.05) is 0 Å². The number of nitrogens with two attached hydrogens (primary N) is 1. The third kappa shape index (κ3) is 2.70. The minimum Gasteiger partial charge on any atom is -0.464 e. The molecule has 1 unspecified atom stereocenters. The first-order valence-electron chi connectivity index (χ1n) is 4.13. The highest BCUT2D eigenvalue weighted by Gasteiger charge is 2.17. The van der Waals surface area contributed by atoms with Crippen molar-refractivity contribution in [3.8, 4) is 0 Å². The van der Waals surface area contributed by atoms with E-state index in [0.29, 0.717) is 0 Å². The zero-order chi connectivity index (χ0) is 10.6. The van der Waals surface area contributed by atoms with E-state index >= 15 is 0 Å². The van der Waals surface area contributed by atoms with Gasteiger partial charge in [-0.1, -0.05) is 5.21 Å². The van der Waals surface area contributed by atoms with Crippen LogP contribution in [0.25, 0.3) is 0 Å². The number of hydrogen-bond donors (Lipinski definition) is 2. The number of carbonyl (C=O) groups excluding carboxylic acids is 1. The quantitative estimate of drug-likeness (QED) is 0.591. The largest absolute Gasteiger partial charge is 0.464 e. The number of rotatable bonds is 4. The lowest BCUT2D eigenvalue weighted by Gasteiger charge is -2.08. The van der Waals surface area contributed by atoms with Crippen LogP contribution in [-0.2, 0) is 16.1 Å². The lowest BCUT2D eigenvalue weighted by Crippen LogP contribution is -2.28. The van der Waals surface area contributed by atoms with Gasteiger partial charge in [0.15, 0.2) is 11.9 Å². The van der Waals surface area contributed by atoms with Crippen LogP contribution in [-0.4, -0.2) is 38.8 Å². The van der Waals surface area contributed by atoms with Gasteiger partial charge in [-0.3, -0.25) is 0 Å². The lowest BCUT2D eigenvalue weighted by atomic mass is 10.3. The van der Waals surface area contributed by atoms with Crippen LogP contribution >= 0.6 is 0 Å². The fraction of sp³-hybridized carbons (Fsp3) is 0.571. The van der Waals surface area contributed by atoms with Gasteiger partial charge in [-0.2, -0.15) is 0 Å². The smallest absolute Gasteiger partial charge is 0.336 e. The second-order valence-corrected chi connectivity index (χ2v) is 2.63. The maximum absolute atomic E-state index is 11.0. The van der Waals surface area contributed by atoms with Crippen molar-refractivity contribution in [1.29, 1.82) is 0 Å². The van der Waals surface area contributed by atoms with Crippen molar-refractivity contribution in [2.75, 3.05) is 12.3 Å². The zero-order valence-electron chi connectivity index (χ0n) is 7.75. The van der Waals surface area contributed by atoms with Gasteiger partial charge in [0.05, 0.1) is 19.3 Å². The molecule has 3 N–H and O–H groups in total. The standard InChI is InChI=1S/C7H12N4O3/c1-2-14-7(13)5(12)3-11-4-6(8)9-10-11/h4-5,12H,2-3,8H2,1H3. The van der Waals surface area contributed by atoms with Crippen LogP contribution in [0.3, 0.4) is 0 Å². The predicted molar refractivity (Wildman–Crippen MR) is 47.1 cm³/mol. The molecule has 14 heavy (non-hydrogen) atoms. The van der Waals surface area contributed by atoms with E-state index in [1.807, 2.05) is 0 Å². The molecule has 1 heterocycles. The Labute approximate surface area is 80.5 Å². The topological polar surface area (TPSA) is 103 Å². The first kappa shape index (κ1) is 10.5. The summed E-state index contributed by atoms with van der Waals surface area (Å²) in [5.41, 5.74) is 5.30. The molecule has 1 aromatic rings. The molecule has 0 radical (unpaired) electrons. The van der Waals surface area contributed by atoms with Gasteiger partial charge in [0.25, 0.3) is 0 Å². The average molecular weight is 200 g/mol. The van der Waals surface area contributed by atoms with Gasteiger partial charge in [0.2, 0.25) is 0 Å². The van der Waals surface area contributed by atoms with E-state index in [2.05, 4.69) is 15.0 Å². The molecule has 0 aromatic carbocycles. The Bertz CT molecular complexity index is 312. The normalized spacial score (nSPS) is 12.4. The van der Waals surface area contributed by atoms with Crippen LogP contribution < -0.4 is 5.73 Å². The van der Waals surface area contributed by atoms with Crippen molar-refractivity contribution in [2.45, 2.75) is 19.6 Å². The number of aliphatic hydroxyl groups is 1. The van der Waals surface area contributed by atoms with Crippen LogP contribution in [0.2, 0.25) is 0 Å². The molecule has 0 aliphatic carbocycles. The summed E-state index contributed by atoms with van der Waals surface area (Å²) in [5.74, 6) is -0.442. The van der Waals surface area contributed by atoms with E-state index in [1.54, 1.807) is 6.92 Å². The first-order chi connectivity index (χ1) is 6.63. The van der Waals surface area contributed by atoms with Gasteiger partial charge >= 0.3 is 5.97 Å². The maximum Gasteiger partial charge on any atom is 0.336 e. The summed E-state index contributed by atoms with van der Waals surface area (Å²) < 4.78 is 5.88. The van der Waals surface area contributed by atoms with Crippen molar-refractivity contribution < 1.29 is 14.6 Å². The third-order valence-corrected chi connectivity index (χ3v) is 1.48. The molecule has 78 valence electrons. The van der Waals surface area contributed by atoms with Crippen LogP contribution in [0.5, 0.6) is 0 Å². The average Bonchev–Trinajstić information content (AvgIpc) is 2.51. The summed E-state index contributed by atoms with van der Waals surface area (Å²) in [6, 6.07) is 0. The monoisotopic (exact) mass is 200 g/mol. The molecule has 0 fully saturated rings. The number of nitrogen functional groups attached to an aromatic ring is 1. The van der Waals surface area contributed by atoms with E-state index in [0.717, 1.165) is 0 Å². The molecule has 7 heteroatoms. The minimum atomic E-state index is -1.24. The molecule has 0 spiro atoms. The molecule has 0 aliphatic rings. The molecular formula is C7H12N4O3. The summed E-state index contributed by atoms with van der Waals surface area (Å²) in [5, 5.41) is 16.4. The number of nitrogens with zero attached hydrogens (tertiary/aromatic N) is 3. The van der Waals surface area contributed by atoms with E-state index in [9.17, 15) is 9.90 Å². The fourth-order valence-electron chi connectivity index (χ4n) is 0.893. The van der Waals surface area contributed by atoms with E-state index in [1.165, 1.54) is 10.9 Å². The van der Waals surface area contributed by atoms with E-state index in [-0.39, 0.29) is 19.0 Å². The molecule has 1 aromatic heterocycles. The van der Waals surface area contributed by atoms with Crippen molar-refractivity contribution in [2.24, 2.45) is 0 Å². The second kappa shape index (κ2) is 4.56. The highest BCUT2D eigenvalue weighted by Crippen LogP contribution is 1.97. The van der Waals surface area contributed by atoms with Gasteiger partial charge < -0.3 is 15.6 Å². The summed E-state index contributed by atoms with van der Waals surface area (Å²) in [6.07, 6.45) is 0.179. The Hall–Kier alpha value is -1.63. The van der Waals surface area contributed by atoms with Gasteiger partial charge in [-0.15, -0.1) is 5.10 Å². The summed E-state index contributed by atoms with van der Waals surface area (Å²) in [7, 11) is 0. The first-order valence-corrected chi connectivity index (χ1v) is 4.13. The van der Waals surface area contributed by atoms with Crippen LogP contribution in [0.15, 0.2) is 6.20 Å². The van der Waals surface area contributed by atoms with E-state index < -0.39 is 12.1 Å². The van der Waals surface area contributed by atoms with E-state index in [4.69, 9.17) is 5.73 Å². The highest BCUT2D eigenvalue weighted by molar-refractivity contribution is 5.74. The lowest BCUT2D eigenvalue weighted by molar-refractivity contribution is -0.153. The molecular weight excluding hydrogens is 188 g/mol. The van der Waals surface area contributed by atoms with Gasteiger partial charge in [0.1, 0.15) is 0 Å². The molecule has 0 amide bonds. The second-order valence-electron chi connectivity index (χ2n) is 2.63. The van der Waals surface area contributed by atoms with Gasteiger partial charge in [-0.05, 0) is 6.92 Å². The SMILES string of the molecule is CCOC(=O)C(O)Cn1cc(N)nn1. The Morgan fingerprint density at radius 3 is 3.07 bits per heavy atom. The number of hydrogen-bond acceptors (Lipinski definition) is 6. The molecule has 1 rings (SSSR count). The summed E-state index contributed by atoms with van der Waals surface area (Å²) in [6.45, 7) is 1.89. The summed E-state index contributed by atoms with van der Waals surface area (Å²) >= 11 is 0. The maximum atomic E-state index is 11.0. The Kier molecular flexibility index (Phi) is 3.41. The zero-order valence-corrected chi connectivity index (χ0v) is 7.75. The number of carbonyl (C=O) groups is 1. The molecule has 0 aliphatic heterocycles. The molecule has 0 saturated heterocycles. The van der Waals surface area contributed by atoms with Gasteiger partial charge in [-0.25, -0.2) is 9.48 Å². The number of aliphatic hydroxyl groups excluding tert-OH is 1. The molecule has 1 atom stereocenters. The number of aromatic nitrogens is 3. The number of ether oxygens (including phenoxy) is 1. The third-order valence-electron chi connectivity index (χ3n) is 1.48. The Morgan fingerprint density at radius 1 is 1.86 bits per heavy atom. The summed E-state index contributed by atoms with van der Waals surface area (Å²) in [4.78, 5) is 11.0. The van der Waals surface area contributed by atoms with Crippen molar-refractivity contribution >= 4 is 11.8 Å². The Morgan fingerprint density at radius 2 is 2.57 bits per heavy atom. The number of anilines is 1. The molecule has 7 nitrogen and oxygen atoms in total. The van der Waals surface area contributed by atoms with Crippen LogP contribution in [0, 0.1) is 0 Å². The van der Waals surface area contributed by atoms with Crippen molar-refractivity contribution in [3.05, 3.63) is 6.20 Å². The highest BCUT2D eigenvalue weighted by atomic mass is 16.5. The molecule has 0 saturated carbocycles. The van der Waals surface area contributed by atoms with Crippen molar-refractivity contribution in [3.63, 3.8) is 0 Å². The fourth-order valence-corrected chi connectivity index (χ4v) is 0.893. The van der Waals surface area contributed by atoms with Crippen LogP contribution in [0.4, 0.5) is 5.82 Å². The van der Waals surface area contributed by atoms with Crippen LogP contribution in [0.1, 0.15) is 6.92 Å². The minimum absolute atomic E-state index is 0.0109. The van der Waals surface area contributed by atoms with Crippen molar-refractivity contribution in [1.82, 2.24) is 15.0 Å². The predicted octanol–water partition coefficient (Wildman–Crippen LogP) is -1.22. The Balaban J connectivity index is 2.48. The number of esters is 1.